The number of hydrogen-bond donors (Lipinski definition) is 3. The van der Waals surface area contributed by atoms with E-state index in [0.29, 0.717) is 25.5 Å². The van der Waals surface area contributed by atoms with Crippen LogP contribution < -0.4 is 16.0 Å². The Morgan fingerprint density at radius 3 is 2.53 bits per heavy atom. The molecule has 3 aromatic rings. The smallest absolute Gasteiger partial charge is 0.224 e. The third-order valence-corrected chi connectivity index (χ3v) is 5.05. The molecule has 0 aliphatic carbocycles. The second-order valence-electron chi connectivity index (χ2n) is 7.75. The fourth-order valence-electron chi connectivity index (χ4n) is 3.53. The summed E-state index contributed by atoms with van der Waals surface area (Å²) < 4.78 is 1.97. The lowest BCUT2D eigenvalue weighted by atomic mass is 10.1. The summed E-state index contributed by atoms with van der Waals surface area (Å²) >= 11 is 0. The standard InChI is InChI=1S/C25H32N6O/c1-5-9-24(32)29-22-12-8-10-20(15-22)16-27-25(26-4)28-17-21-11-6-7-13-23(21)31-19(3)14-18(2)30-31/h6-8,10-15H,5,9,16-17H2,1-4H3,(H,29,32)(H2,26,27,28). The van der Waals surface area contributed by atoms with Crippen molar-refractivity contribution in [3.8, 4) is 5.69 Å². The molecule has 32 heavy (non-hydrogen) atoms. The number of benzene rings is 2. The first-order chi connectivity index (χ1) is 15.5. The molecule has 0 radical (unpaired) electrons. The summed E-state index contributed by atoms with van der Waals surface area (Å²) in [6.45, 7) is 7.26. The minimum Gasteiger partial charge on any atom is -0.352 e. The number of amides is 1. The zero-order valence-electron chi connectivity index (χ0n) is 19.3. The van der Waals surface area contributed by atoms with Crippen molar-refractivity contribution in [1.82, 2.24) is 20.4 Å². The van der Waals surface area contributed by atoms with E-state index in [-0.39, 0.29) is 5.91 Å². The number of para-hydroxylation sites is 1. The fraction of sp³-hybridized carbons (Fsp3) is 0.320. The Morgan fingerprint density at radius 1 is 1.03 bits per heavy atom. The zero-order chi connectivity index (χ0) is 22.9. The third kappa shape index (κ3) is 6.20. The van der Waals surface area contributed by atoms with Crippen molar-refractivity contribution in [3.63, 3.8) is 0 Å². The molecule has 0 atom stereocenters. The van der Waals surface area contributed by atoms with Gasteiger partial charge in [-0.2, -0.15) is 5.10 Å². The highest BCUT2D eigenvalue weighted by atomic mass is 16.1. The van der Waals surface area contributed by atoms with Gasteiger partial charge in [0.05, 0.1) is 11.4 Å². The van der Waals surface area contributed by atoms with E-state index in [1.807, 2.05) is 54.9 Å². The van der Waals surface area contributed by atoms with Crippen LogP contribution in [0.1, 0.15) is 42.3 Å². The predicted molar refractivity (Wildman–Crippen MR) is 130 cm³/mol. The number of guanidine groups is 1. The first kappa shape index (κ1) is 23.1. The molecule has 0 fully saturated rings. The molecule has 0 saturated carbocycles. The van der Waals surface area contributed by atoms with Crippen LogP contribution >= 0.6 is 0 Å². The van der Waals surface area contributed by atoms with E-state index in [9.17, 15) is 4.79 Å². The van der Waals surface area contributed by atoms with E-state index in [1.165, 1.54) is 0 Å². The van der Waals surface area contributed by atoms with Crippen LogP contribution in [0.15, 0.2) is 59.6 Å². The lowest BCUT2D eigenvalue weighted by molar-refractivity contribution is -0.116. The van der Waals surface area contributed by atoms with E-state index < -0.39 is 0 Å². The van der Waals surface area contributed by atoms with Gasteiger partial charge in [0, 0.05) is 37.9 Å². The molecule has 0 aliphatic rings. The topological polar surface area (TPSA) is 83.3 Å². The monoisotopic (exact) mass is 432 g/mol. The average molecular weight is 433 g/mol. The molecule has 0 saturated heterocycles. The van der Waals surface area contributed by atoms with Crippen molar-refractivity contribution >= 4 is 17.6 Å². The minimum absolute atomic E-state index is 0.0383. The number of aromatic nitrogens is 2. The Bertz CT molecular complexity index is 1090. The fourth-order valence-corrected chi connectivity index (χ4v) is 3.53. The van der Waals surface area contributed by atoms with Crippen LogP contribution in [0.3, 0.4) is 0 Å². The molecule has 1 aromatic heterocycles. The number of rotatable bonds is 8. The number of carbonyl (C=O) groups is 1. The highest BCUT2D eigenvalue weighted by Gasteiger charge is 2.09. The van der Waals surface area contributed by atoms with E-state index in [1.54, 1.807) is 7.05 Å². The van der Waals surface area contributed by atoms with Gasteiger partial charge in [-0.3, -0.25) is 9.79 Å². The van der Waals surface area contributed by atoms with Gasteiger partial charge in [-0.1, -0.05) is 37.3 Å². The maximum absolute atomic E-state index is 11.8. The molecule has 7 heteroatoms. The van der Waals surface area contributed by atoms with Gasteiger partial charge in [0.1, 0.15) is 0 Å². The number of aliphatic imine (C=N–C) groups is 1. The van der Waals surface area contributed by atoms with Gasteiger partial charge in [-0.15, -0.1) is 0 Å². The summed E-state index contributed by atoms with van der Waals surface area (Å²) in [5, 5.41) is 14.3. The Balaban J connectivity index is 1.61. The number of aryl methyl sites for hydroxylation is 2. The molecule has 3 rings (SSSR count). The number of nitrogens with zero attached hydrogens (tertiary/aromatic N) is 3. The number of carbonyl (C=O) groups excluding carboxylic acids is 1. The van der Waals surface area contributed by atoms with Crippen LogP contribution in [0.5, 0.6) is 0 Å². The Hall–Kier alpha value is -3.61. The normalized spacial score (nSPS) is 11.3. The zero-order valence-corrected chi connectivity index (χ0v) is 19.3. The highest BCUT2D eigenvalue weighted by Crippen LogP contribution is 2.17. The van der Waals surface area contributed by atoms with Crippen molar-refractivity contribution in [3.05, 3.63) is 77.1 Å². The maximum atomic E-state index is 11.8. The summed E-state index contributed by atoms with van der Waals surface area (Å²) in [5.74, 6) is 0.741. The van der Waals surface area contributed by atoms with Gasteiger partial charge >= 0.3 is 0 Å². The van der Waals surface area contributed by atoms with Crippen molar-refractivity contribution in [2.75, 3.05) is 12.4 Å². The summed E-state index contributed by atoms with van der Waals surface area (Å²) in [4.78, 5) is 16.2. The van der Waals surface area contributed by atoms with Gasteiger partial charge in [0.2, 0.25) is 5.91 Å². The molecule has 0 bridgehead atoms. The molecule has 1 heterocycles. The first-order valence-electron chi connectivity index (χ1n) is 10.9. The number of anilines is 1. The van der Waals surface area contributed by atoms with Crippen molar-refractivity contribution in [2.45, 2.75) is 46.7 Å². The lowest BCUT2D eigenvalue weighted by Gasteiger charge is -2.15. The highest BCUT2D eigenvalue weighted by molar-refractivity contribution is 5.90. The minimum atomic E-state index is 0.0383. The summed E-state index contributed by atoms with van der Waals surface area (Å²) in [7, 11) is 1.75. The largest absolute Gasteiger partial charge is 0.352 e. The Morgan fingerprint density at radius 2 is 1.81 bits per heavy atom. The quantitative estimate of drug-likeness (QED) is 0.370. The van der Waals surface area contributed by atoms with Gasteiger partial charge < -0.3 is 16.0 Å². The number of nitrogens with one attached hydrogen (secondary N) is 3. The summed E-state index contributed by atoms with van der Waals surface area (Å²) in [6, 6.07) is 18.1. The Kier molecular flexibility index (Phi) is 8.02. The van der Waals surface area contributed by atoms with Crippen LogP contribution in [0.25, 0.3) is 5.69 Å². The molecule has 2 aromatic carbocycles. The molecular weight excluding hydrogens is 400 g/mol. The molecule has 7 nitrogen and oxygen atoms in total. The van der Waals surface area contributed by atoms with Crippen LogP contribution in [0.2, 0.25) is 0 Å². The molecule has 1 amide bonds. The average Bonchev–Trinajstić information content (AvgIpc) is 3.12. The number of hydrogen-bond acceptors (Lipinski definition) is 3. The van der Waals surface area contributed by atoms with Crippen molar-refractivity contribution in [2.24, 2.45) is 4.99 Å². The molecular formula is C25H32N6O. The van der Waals surface area contributed by atoms with Gasteiger partial charge in [0.15, 0.2) is 5.96 Å². The third-order valence-electron chi connectivity index (χ3n) is 5.05. The Labute approximate surface area is 190 Å². The van der Waals surface area contributed by atoms with Crippen LogP contribution in [0.4, 0.5) is 5.69 Å². The summed E-state index contributed by atoms with van der Waals surface area (Å²) in [6.07, 6.45) is 1.36. The molecule has 0 spiro atoms. The van der Waals surface area contributed by atoms with Gasteiger partial charge in [0.25, 0.3) is 0 Å². The van der Waals surface area contributed by atoms with Crippen LogP contribution in [-0.2, 0) is 17.9 Å². The molecule has 168 valence electrons. The van der Waals surface area contributed by atoms with Crippen molar-refractivity contribution in [1.29, 1.82) is 0 Å². The lowest BCUT2D eigenvalue weighted by Crippen LogP contribution is -2.36. The second-order valence-corrected chi connectivity index (χ2v) is 7.75. The predicted octanol–water partition coefficient (Wildman–Crippen LogP) is 4.09. The van der Waals surface area contributed by atoms with Crippen molar-refractivity contribution < 1.29 is 4.79 Å². The van der Waals surface area contributed by atoms with Crippen LogP contribution in [0, 0.1) is 13.8 Å². The van der Waals surface area contributed by atoms with E-state index in [2.05, 4.69) is 51.2 Å². The summed E-state index contributed by atoms with van der Waals surface area (Å²) in [5.41, 5.74) is 6.15. The SMILES string of the molecule is CCCC(=O)Nc1cccc(CNC(=NC)NCc2ccccc2-n2nc(C)cc2C)c1. The maximum Gasteiger partial charge on any atom is 0.224 e. The molecule has 0 unspecified atom stereocenters. The molecule has 3 N–H and O–H groups in total. The second kappa shape index (κ2) is 11.1. The van der Waals surface area contributed by atoms with Gasteiger partial charge in [-0.25, -0.2) is 4.68 Å². The van der Waals surface area contributed by atoms with E-state index in [0.717, 1.165) is 40.3 Å². The van der Waals surface area contributed by atoms with E-state index in [4.69, 9.17) is 0 Å². The van der Waals surface area contributed by atoms with Gasteiger partial charge in [-0.05, 0) is 55.7 Å². The molecule has 0 aliphatic heterocycles. The first-order valence-corrected chi connectivity index (χ1v) is 10.9. The van der Waals surface area contributed by atoms with E-state index >= 15 is 0 Å². The van der Waals surface area contributed by atoms with Crippen LogP contribution in [-0.4, -0.2) is 28.7 Å².